The van der Waals surface area contributed by atoms with E-state index in [4.69, 9.17) is 5.73 Å². The molecule has 0 bridgehead atoms. The molecule has 1 aliphatic heterocycles. The van der Waals surface area contributed by atoms with E-state index in [-0.39, 0.29) is 29.4 Å². The standard InChI is InChI=1S/C23H30N6O4/c1-22(2,3)23(9-6-10-29(23)21(32)33)13-27-19(30)15-8-5-7-14(11-15)16-12-26-18(24)17(28-16)20(31)25-4/h5,7-8,11-12H,6,9-10,13H2,1-4H3,(H2,24,26)(H,25,31)(H,27,30)(H,32,33). The van der Waals surface area contributed by atoms with Crippen molar-refractivity contribution in [1.29, 1.82) is 0 Å². The lowest BCUT2D eigenvalue weighted by molar-refractivity contribution is 0.0300. The predicted octanol–water partition coefficient (Wildman–Crippen LogP) is 2.37. The van der Waals surface area contributed by atoms with Crippen molar-refractivity contribution >= 4 is 23.7 Å². The zero-order valence-corrected chi connectivity index (χ0v) is 19.3. The van der Waals surface area contributed by atoms with Gasteiger partial charge in [0.2, 0.25) is 0 Å². The highest BCUT2D eigenvalue weighted by Gasteiger charge is 2.51. The van der Waals surface area contributed by atoms with E-state index >= 15 is 0 Å². The molecule has 1 aromatic heterocycles. The summed E-state index contributed by atoms with van der Waals surface area (Å²) in [5, 5.41) is 15.1. The lowest BCUT2D eigenvalue weighted by atomic mass is 9.71. The van der Waals surface area contributed by atoms with E-state index in [1.54, 1.807) is 24.3 Å². The summed E-state index contributed by atoms with van der Waals surface area (Å²) in [5.41, 5.74) is 6.08. The van der Waals surface area contributed by atoms with Crippen LogP contribution in [-0.2, 0) is 0 Å². The van der Waals surface area contributed by atoms with Gasteiger partial charge >= 0.3 is 6.09 Å². The van der Waals surface area contributed by atoms with E-state index in [1.807, 2.05) is 20.8 Å². The Labute approximate surface area is 192 Å². The van der Waals surface area contributed by atoms with Gasteiger partial charge < -0.3 is 26.4 Å². The second-order valence-electron chi connectivity index (χ2n) is 9.15. The topological polar surface area (TPSA) is 151 Å². The second kappa shape index (κ2) is 9.05. The highest BCUT2D eigenvalue weighted by Crippen LogP contribution is 2.43. The van der Waals surface area contributed by atoms with Crippen LogP contribution in [0.25, 0.3) is 11.3 Å². The predicted molar refractivity (Wildman–Crippen MR) is 124 cm³/mol. The first kappa shape index (κ1) is 24.0. The Kier molecular flexibility index (Phi) is 6.57. The van der Waals surface area contributed by atoms with E-state index in [0.29, 0.717) is 29.8 Å². The van der Waals surface area contributed by atoms with Crippen molar-refractivity contribution in [3.05, 3.63) is 41.7 Å². The minimum atomic E-state index is -0.979. The number of amides is 3. The lowest BCUT2D eigenvalue weighted by Crippen LogP contribution is -2.61. The number of hydrogen-bond donors (Lipinski definition) is 4. The van der Waals surface area contributed by atoms with Crippen LogP contribution in [0.4, 0.5) is 10.6 Å². The van der Waals surface area contributed by atoms with Crippen molar-refractivity contribution in [3.8, 4) is 11.3 Å². The maximum absolute atomic E-state index is 13.0. The quantitative estimate of drug-likeness (QED) is 0.541. The number of anilines is 1. The van der Waals surface area contributed by atoms with E-state index in [9.17, 15) is 19.5 Å². The van der Waals surface area contributed by atoms with Gasteiger partial charge in [0, 0.05) is 31.3 Å². The van der Waals surface area contributed by atoms with E-state index < -0.39 is 17.5 Å². The van der Waals surface area contributed by atoms with E-state index in [0.717, 1.165) is 6.42 Å². The van der Waals surface area contributed by atoms with Crippen molar-refractivity contribution < 1.29 is 19.5 Å². The number of likely N-dealkylation sites (tertiary alicyclic amines) is 1. The molecule has 0 saturated carbocycles. The number of carbonyl (C=O) groups is 3. The van der Waals surface area contributed by atoms with Gasteiger partial charge in [-0.1, -0.05) is 32.9 Å². The first-order valence-corrected chi connectivity index (χ1v) is 10.7. The Morgan fingerprint density at radius 2 is 1.97 bits per heavy atom. The van der Waals surface area contributed by atoms with Gasteiger partial charge in [-0.3, -0.25) is 9.59 Å². The lowest BCUT2D eigenvalue weighted by Gasteiger charge is -2.47. The van der Waals surface area contributed by atoms with Gasteiger partial charge in [-0.15, -0.1) is 0 Å². The van der Waals surface area contributed by atoms with Crippen molar-refractivity contribution in [2.75, 3.05) is 25.9 Å². The summed E-state index contributed by atoms with van der Waals surface area (Å²) in [6.45, 7) is 6.62. The summed E-state index contributed by atoms with van der Waals surface area (Å²) in [6, 6.07) is 6.78. The molecule has 10 nitrogen and oxygen atoms in total. The summed E-state index contributed by atoms with van der Waals surface area (Å²) >= 11 is 0. The maximum atomic E-state index is 13.0. The molecule has 1 unspecified atom stereocenters. The average molecular weight is 455 g/mol. The van der Waals surface area contributed by atoms with Crippen LogP contribution in [0.1, 0.15) is 54.5 Å². The Balaban J connectivity index is 1.84. The Morgan fingerprint density at radius 1 is 1.24 bits per heavy atom. The molecule has 1 aliphatic rings. The normalized spacial score (nSPS) is 18.1. The summed E-state index contributed by atoms with van der Waals surface area (Å²) < 4.78 is 0. The number of nitrogens with zero attached hydrogens (tertiary/aromatic N) is 3. The summed E-state index contributed by atoms with van der Waals surface area (Å²) in [4.78, 5) is 46.6. The molecule has 0 radical (unpaired) electrons. The van der Waals surface area contributed by atoms with Crippen molar-refractivity contribution in [2.45, 2.75) is 39.2 Å². The number of nitrogen functional groups attached to an aromatic ring is 1. The molecular weight excluding hydrogens is 424 g/mol. The SMILES string of the molecule is CNC(=O)c1nc(-c2cccc(C(=O)NCC3(C(C)(C)C)CCCN3C(=O)O)c2)cnc1N. The minimum Gasteiger partial charge on any atom is -0.465 e. The van der Waals surface area contributed by atoms with Gasteiger partial charge in [-0.05, 0) is 30.4 Å². The van der Waals surface area contributed by atoms with Crippen LogP contribution < -0.4 is 16.4 Å². The molecule has 2 aromatic rings. The number of carbonyl (C=O) groups excluding carboxylic acids is 2. The Hall–Kier alpha value is -3.69. The fraction of sp³-hybridized carbons (Fsp3) is 0.435. The largest absolute Gasteiger partial charge is 0.465 e. The number of aromatic nitrogens is 2. The number of rotatable bonds is 5. The third kappa shape index (κ3) is 4.59. The molecule has 1 atom stereocenters. The summed E-state index contributed by atoms with van der Waals surface area (Å²) in [5.74, 6) is -0.769. The first-order chi connectivity index (χ1) is 15.5. The molecule has 1 fully saturated rings. The third-order valence-electron chi connectivity index (χ3n) is 6.32. The highest BCUT2D eigenvalue weighted by atomic mass is 16.4. The first-order valence-electron chi connectivity index (χ1n) is 10.7. The van der Waals surface area contributed by atoms with Crippen molar-refractivity contribution in [2.24, 2.45) is 5.41 Å². The number of hydrogen-bond acceptors (Lipinski definition) is 6. The van der Waals surface area contributed by atoms with Gasteiger partial charge in [0.15, 0.2) is 11.5 Å². The van der Waals surface area contributed by atoms with Crippen molar-refractivity contribution in [3.63, 3.8) is 0 Å². The van der Waals surface area contributed by atoms with Crippen molar-refractivity contribution in [1.82, 2.24) is 25.5 Å². The molecule has 1 saturated heterocycles. The fourth-order valence-corrected chi connectivity index (χ4v) is 4.36. The maximum Gasteiger partial charge on any atom is 0.407 e. The zero-order chi connectivity index (χ0) is 24.4. The molecule has 2 heterocycles. The van der Waals surface area contributed by atoms with Crippen LogP contribution in [0.2, 0.25) is 0 Å². The van der Waals surface area contributed by atoms with Crippen LogP contribution in [0.15, 0.2) is 30.5 Å². The number of nitrogens with one attached hydrogen (secondary N) is 2. The van der Waals surface area contributed by atoms with E-state index in [2.05, 4.69) is 20.6 Å². The summed E-state index contributed by atoms with van der Waals surface area (Å²) in [6.07, 6.45) is 1.88. The number of benzene rings is 1. The van der Waals surface area contributed by atoms with Gasteiger partial charge in [-0.2, -0.15) is 0 Å². The number of nitrogens with two attached hydrogens (primary N) is 1. The molecule has 1 aromatic carbocycles. The monoisotopic (exact) mass is 454 g/mol. The van der Waals surface area contributed by atoms with Gasteiger partial charge in [0.05, 0.1) is 17.4 Å². The van der Waals surface area contributed by atoms with Crippen LogP contribution in [0.3, 0.4) is 0 Å². The van der Waals surface area contributed by atoms with E-state index in [1.165, 1.54) is 18.1 Å². The molecular formula is C23H30N6O4. The zero-order valence-electron chi connectivity index (χ0n) is 19.3. The molecule has 0 aliphatic carbocycles. The van der Waals surface area contributed by atoms with Gasteiger partial charge in [0.1, 0.15) is 0 Å². The molecule has 33 heavy (non-hydrogen) atoms. The minimum absolute atomic E-state index is 0.00645. The highest BCUT2D eigenvalue weighted by molar-refractivity contribution is 5.97. The summed E-state index contributed by atoms with van der Waals surface area (Å²) in [7, 11) is 1.47. The molecule has 3 amide bonds. The smallest absolute Gasteiger partial charge is 0.407 e. The molecule has 5 N–H and O–H groups in total. The second-order valence-corrected chi connectivity index (χ2v) is 9.15. The molecule has 0 spiro atoms. The van der Waals surface area contributed by atoms with Crippen LogP contribution in [0, 0.1) is 5.41 Å². The molecule has 176 valence electrons. The van der Waals surface area contributed by atoms with Gasteiger partial charge in [0.25, 0.3) is 11.8 Å². The molecule has 3 rings (SSSR count). The van der Waals surface area contributed by atoms with Crippen LogP contribution >= 0.6 is 0 Å². The average Bonchev–Trinajstić information content (AvgIpc) is 3.23. The van der Waals surface area contributed by atoms with Crippen LogP contribution in [-0.4, -0.2) is 63.6 Å². The fourth-order valence-electron chi connectivity index (χ4n) is 4.36. The van der Waals surface area contributed by atoms with Crippen LogP contribution in [0.5, 0.6) is 0 Å². The Bertz CT molecular complexity index is 1080. The van der Waals surface area contributed by atoms with Gasteiger partial charge in [-0.25, -0.2) is 14.8 Å². The third-order valence-corrected chi connectivity index (χ3v) is 6.32. The molecule has 10 heteroatoms. The Morgan fingerprint density at radius 3 is 2.61 bits per heavy atom. The number of carboxylic acid groups (broad SMARTS) is 1.